The van der Waals surface area contributed by atoms with Crippen LogP contribution >= 0.6 is 0 Å². The lowest BCUT2D eigenvalue weighted by Crippen LogP contribution is -2.47. The van der Waals surface area contributed by atoms with Gasteiger partial charge in [0.15, 0.2) is 0 Å². The second-order valence-electron chi connectivity index (χ2n) is 7.12. The Morgan fingerprint density at radius 2 is 1.91 bits per heavy atom. The molecule has 0 spiro atoms. The molecule has 1 saturated heterocycles. The molecule has 0 saturated carbocycles. The van der Waals surface area contributed by atoms with Gasteiger partial charge in [-0.05, 0) is 45.2 Å². The van der Waals surface area contributed by atoms with Gasteiger partial charge in [-0.15, -0.1) is 0 Å². The van der Waals surface area contributed by atoms with E-state index in [0.29, 0.717) is 13.0 Å². The van der Waals surface area contributed by atoms with Crippen molar-refractivity contribution in [3.05, 3.63) is 35.4 Å². The smallest absolute Gasteiger partial charge is 0.410 e. The lowest BCUT2D eigenvalue weighted by molar-refractivity contribution is -0.144. The fraction of sp³-hybridized carbons (Fsp3) is 0.556. The number of carbonyl (C=O) groups is 2. The molecule has 1 aliphatic rings. The Kier molecular flexibility index (Phi) is 4.97. The molecule has 5 heteroatoms. The molecule has 1 amide bonds. The predicted octanol–water partition coefficient (Wildman–Crippen LogP) is 3.42. The molecule has 23 heavy (non-hydrogen) atoms. The molecule has 1 heterocycles. The number of rotatable bonds is 2. The third-order valence-electron chi connectivity index (χ3n) is 4.17. The van der Waals surface area contributed by atoms with Gasteiger partial charge >= 0.3 is 12.1 Å². The SMILES string of the molecule is Cc1ccccc1[C@@H]1CCN(C(=O)OC(C)(C)C)CC1C(=O)O. The van der Waals surface area contributed by atoms with Crippen molar-refractivity contribution in [2.45, 2.75) is 45.6 Å². The number of carboxylic acid groups (broad SMARTS) is 1. The van der Waals surface area contributed by atoms with Crippen LogP contribution in [0.4, 0.5) is 4.79 Å². The van der Waals surface area contributed by atoms with Gasteiger partial charge in [0.05, 0.1) is 5.92 Å². The molecule has 1 aromatic rings. The first kappa shape index (κ1) is 17.3. The highest BCUT2D eigenvalue weighted by molar-refractivity contribution is 5.74. The molecule has 1 aromatic carbocycles. The quantitative estimate of drug-likeness (QED) is 0.907. The summed E-state index contributed by atoms with van der Waals surface area (Å²) in [6.07, 6.45) is 0.188. The summed E-state index contributed by atoms with van der Waals surface area (Å²) in [4.78, 5) is 25.4. The normalized spacial score (nSPS) is 21.8. The van der Waals surface area contributed by atoms with Gasteiger partial charge < -0.3 is 14.7 Å². The van der Waals surface area contributed by atoms with Crippen LogP contribution in [0.5, 0.6) is 0 Å². The van der Waals surface area contributed by atoms with Crippen LogP contribution in [0, 0.1) is 12.8 Å². The number of hydrogen-bond acceptors (Lipinski definition) is 3. The molecular weight excluding hydrogens is 294 g/mol. The number of carboxylic acids is 1. The van der Waals surface area contributed by atoms with E-state index in [9.17, 15) is 14.7 Å². The average molecular weight is 319 g/mol. The second-order valence-corrected chi connectivity index (χ2v) is 7.12. The van der Waals surface area contributed by atoms with Gasteiger partial charge in [-0.3, -0.25) is 4.79 Å². The van der Waals surface area contributed by atoms with Crippen molar-refractivity contribution in [1.29, 1.82) is 0 Å². The first-order valence-corrected chi connectivity index (χ1v) is 7.95. The van der Waals surface area contributed by atoms with Crippen molar-refractivity contribution in [2.75, 3.05) is 13.1 Å². The molecule has 5 nitrogen and oxygen atoms in total. The molecule has 1 N–H and O–H groups in total. The standard InChI is InChI=1S/C18H25NO4/c1-12-7-5-6-8-13(12)14-9-10-19(11-15(14)16(20)21)17(22)23-18(2,3)4/h5-8,14-15H,9-11H2,1-4H3,(H,20,21)/t14-,15?/m0/s1. The number of hydrogen-bond donors (Lipinski definition) is 1. The fourth-order valence-corrected chi connectivity index (χ4v) is 3.07. The molecular formula is C18H25NO4. The molecule has 1 fully saturated rings. The Morgan fingerprint density at radius 3 is 2.48 bits per heavy atom. The third-order valence-corrected chi connectivity index (χ3v) is 4.17. The van der Waals surface area contributed by atoms with Crippen LogP contribution in [0.15, 0.2) is 24.3 Å². The van der Waals surface area contributed by atoms with Gasteiger partial charge in [0, 0.05) is 19.0 Å². The minimum absolute atomic E-state index is 0.0765. The van der Waals surface area contributed by atoms with Gasteiger partial charge in [0.1, 0.15) is 5.60 Å². The topological polar surface area (TPSA) is 66.8 Å². The summed E-state index contributed by atoms with van der Waals surface area (Å²) < 4.78 is 5.36. The van der Waals surface area contributed by atoms with E-state index in [2.05, 4.69) is 0 Å². The maximum Gasteiger partial charge on any atom is 0.410 e. The van der Waals surface area contributed by atoms with Crippen LogP contribution in [-0.2, 0) is 9.53 Å². The van der Waals surface area contributed by atoms with Gasteiger partial charge in [-0.1, -0.05) is 24.3 Å². The summed E-state index contributed by atoms with van der Waals surface area (Å²) in [6, 6.07) is 7.86. The van der Waals surface area contributed by atoms with Gasteiger partial charge in [0.2, 0.25) is 0 Å². The first-order valence-electron chi connectivity index (χ1n) is 7.95. The molecule has 0 aliphatic carbocycles. The third kappa shape index (κ3) is 4.24. The van der Waals surface area contributed by atoms with Crippen molar-refractivity contribution in [1.82, 2.24) is 4.90 Å². The van der Waals surface area contributed by atoms with E-state index in [1.54, 1.807) is 20.8 Å². The Morgan fingerprint density at radius 1 is 1.26 bits per heavy atom. The van der Waals surface area contributed by atoms with E-state index in [4.69, 9.17) is 4.74 Å². The number of likely N-dealkylation sites (tertiary alicyclic amines) is 1. The largest absolute Gasteiger partial charge is 0.481 e. The van der Waals surface area contributed by atoms with E-state index in [1.807, 2.05) is 31.2 Å². The van der Waals surface area contributed by atoms with E-state index in [-0.39, 0.29) is 12.5 Å². The number of aryl methyl sites for hydroxylation is 1. The summed E-state index contributed by atoms with van der Waals surface area (Å²) in [5.41, 5.74) is 1.57. The summed E-state index contributed by atoms with van der Waals surface area (Å²) in [5.74, 6) is -1.56. The van der Waals surface area contributed by atoms with E-state index < -0.39 is 23.6 Å². The van der Waals surface area contributed by atoms with Gasteiger partial charge in [-0.2, -0.15) is 0 Å². The predicted molar refractivity (Wildman–Crippen MR) is 87.5 cm³/mol. The summed E-state index contributed by atoms with van der Waals surface area (Å²) >= 11 is 0. The number of aliphatic carboxylic acids is 1. The minimum atomic E-state index is -0.869. The number of carbonyl (C=O) groups excluding carboxylic acids is 1. The van der Waals surface area contributed by atoms with Crippen LogP contribution in [0.3, 0.4) is 0 Å². The zero-order chi connectivity index (χ0) is 17.2. The molecule has 1 aliphatic heterocycles. The van der Waals surface area contributed by atoms with Crippen LogP contribution in [0.25, 0.3) is 0 Å². The Hall–Kier alpha value is -2.04. The molecule has 0 radical (unpaired) electrons. The molecule has 126 valence electrons. The minimum Gasteiger partial charge on any atom is -0.481 e. The molecule has 0 bridgehead atoms. The van der Waals surface area contributed by atoms with Crippen molar-refractivity contribution in [3.8, 4) is 0 Å². The molecule has 1 unspecified atom stereocenters. The highest BCUT2D eigenvalue weighted by Gasteiger charge is 2.38. The van der Waals surface area contributed by atoms with Gasteiger partial charge in [0.25, 0.3) is 0 Å². The van der Waals surface area contributed by atoms with Crippen molar-refractivity contribution < 1.29 is 19.4 Å². The van der Waals surface area contributed by atoms with Crippen LogP contribution in [0.1, 0.15) is 44.2 Å². The van der Waals surface area contributed by atoms with Crippen molar-refractivity contribution >= 4 is 12.1 Å². The highest BCUT2D eigenvalue weighted by Crippen LogP contribution is 2.35. The number of nitrogens with zero attached hydrogens (tertiary/aromatic N) is 1. The Labute approximate surface area is 137 Å². The molecule has 0 aromatic heterocycles. The fourth-order valence-electron chi connectivity index (χ4n) is 3.07. The van der Waals surface area contributed by atoms with E-state index in [0.717, 1.165) is 11.1 Å². The molecule has 2 rings (SSSR count). The summed E-state index contributed by atoms with van der Waals surface area (Å²) in [7, 11) is 0. The summed E-state index contributed by atoms with van der Waals surface area (Å²) in [6.45, 7) is 8.11. The highest BCUT2D eigenvalue weighted by atomic mass is 16.6. The number of amides is 1. The second kappa shape index (κ2) is 6.60. The van der Waals surface area contributed by atoms with Crippen LogP contribution < -0.4 is 0 Å². The lowest BCUT2D eigenvalue weighted by Gasteiger charge is -2.37. The maximum atomic E-state index is 12.2. The molecule has 2 atom stereocenters. The zero-order valence-corrected chi connectivity index (χ0v) is 14.2. The lowest BCUT2D eigenvalue weighted by atomic mass is 9.79. The van der Waals surface area contributed by atoms with Gasteiger partial charge in [-0.25, -0.2) is 4.79 Å². The monoisotopic (exact) mass is 319 g/mol. The Bertz CT molecular complexity index is 591. The number of ether oxygens (including phenoxy) is 1. The first-order chi connectivity index (χ1) is 10.7. The van der Waals surface area contributed by atoms with Crippen LogP contribution in [0.2, 0.25) is 0 Å². The van der Waals surface area contributed by atoms with E-state index in [1.165, 1.54) is 4.90 Å². The number of piperidine rings is 1. The number of benzene rings is 1. The Balaban J connectivity index is 2.17. The van der Waals surface area contributed by atoms with E-state index >= 15 is 0 Å². The van der Waals surface area contributed by atoms with Crippen molar-refractivity contribution in [3.63, 3.8) is 0 Å². The zero-order valence-electron chi connectivity index (χ0n) is 14.2. The van der Waals surface area contributed by atoms with Crippen molar-refractivity contribution in [2.24, 2.45) is 5.92 Å². The average Bonchev–Trinajstić information content (AvgIpc) is 2.45. The summed E-state index contributed by atoms with van der Waals surface area (Å²) in [5, 5.41) is 9.61. The maximum absolute atomic E-state index is 12.2. The van der Waals surface area contributed by atoms with Crippen LogP contribution in [-0.4, -0.2) is 40.8 Å².